The molecule has 9 heteroatoms. The highest BCUT2D eigenvalue weighted by Crippen LogP contribution is 2.33. The Morgan fingerprint density at radius 2 is 1.78 bits per heavy atom. The fourth-order valence-electron chi connectivity index (χ4n) is 1.13. The zero-order chi connectivity index (χ0) is 13.9. The standard InChI is InChI=1S/C9H5F5O4/c10-8(11)17-4-2-1-3-5(6(4)7(15)16)18-9(12,13)14/h1-3,8H,(H,15,16). The fourth-order valence-corrected chi connectivity index (χ4v) is 1.13. The van der Waals surface area contributed by atoms with Gasteiger partial charge in [0, 0.05) is 0 Å². The number of ether oxygens (including phenoxy) is 2. The predicted molar refractivity (Wildman–Crippen MR) is 46.7 cm³/mol. The van der Waals surface area contributed by atoms with Crippen molar-refractivity contribution in [3.8, 4) is 11.5 Å². The first-order chi connectivity index (χ1) is 8.20. The van der Waals surface area contributed by atoms with Crippen molar-refractivity contribution >= 4 is 5.97 Å². The maximum Gasteiger partial charge on any atom is 0.573 e. The van der Waals surface area contributed by atoms with Crippen molar-refractivity contribution in [1.82, 2.24) is 0 Å². The van der Waals surface area contributed by atoms with E-state index in [1.54, 1.807) is 0 Å². The van der Waals surface area contributed by atoms with Gasteiger partial charge in [0.1, 0.15) is 17.1 Å². The van der Waals surface area contributed by atoms with Crippen molar-refractivity contribution in [2.24, 2.45) is 0 Å². The molecule has 1 aromatic carbocycles. The molecule has 4 nitrogen and oxygen atoms in total. The second kappa shape index (κ2) is 5.07. The fraction of sp³-hybridized carbons (Fsp3) is 0.222. The second-order valence-electron chi connectivity index (χ2n) is 2.86. The largest absolute Gasteiger partial charge is 0.573 e. The van der Waals surface area contributed by atoms with Crippen LogP contribution in [0.5, 0.6) is 11.5 Å². The van der Waals surface area contributed by atoms with Crippen LogP contribution in [-0.2, 0) is 0 Å². The zero-order valence-electron chi connectivity index (χ0n) is 8.37. The van der Waals surface area contributed by atoms with E-state index < -0.39 is 36.0 Å². The van der Waals surface area contributed by atoms with Gasteiger partial charge < -0.3 is 14.6 Å². The number of hydrogen-bond donors (Lipinski definition) is 1. The highest BCUT2D eigenvalue weighted by atomic mass is 19.4. The number of carbonyl (C=O) groups is 1. The highest BCUT2D eigenvalue weighted by molar-refractivity contribution is 5.94. The number of carboxylic acids is 1. The van der Waals surface area contributed by atoms with E-state index in [0.717, 1.165) is 12.1 Å². The predicted octanol–water partition coefficient (Wildman–Crippen LogP) is 2.88. The first-order valence-corrected chi connectivity index (χ1v) is 4.27. The molecular formula is C9H5F5O4. The van der Waals surface area contributed by atoms with Crippen molar-refractivity contribution in [2.45, 2.75) is 13.0 Å². The van der Waals surface area contributed by atoms with E-state index in [0.29, 0.717) is 6.07 Å². The lowest BCUT2D eigenvalue weighted by Gasteiger charge is -2.14. The minimum Gasteiger partial charge on any atom is -0.477 e. The summed E-state index contributed by atoms with van der Waals surface area (Å²) in [5, 5.41) is 8.68. The van der Waals surface area contributed by atoms with Crippen molar-refractivity contribution in [2.75, 3.05) is 0 Å². The zero-order valence-corrected chi connectivity index (χ0v) is 8.37. The summed E-state index contributed by atoms with van der Waals surface area (Å²) in [4.78, 5) is 10.7. The molecular weight excluding hydrogens is 267 g/mol. The Balaban J connectivity index is 3.22. The van der Waals surface area contributed by atoms with Crippen LogP contribution < -0.4 is 9.47 Å². The van der Waals surface area contributed by atoms with Gasteiger partial charge in [-0.1, -0.05) is 6.07 Å². The van der Waals surface area contributed by atoms with Crippen LogP contribution in [0.15, 0.2) is 18.2 Å². The van der Waals surface area contributed by atoms with Crippen LogP contribution >= 0.6 is 0 Å². The van der Waals surface area contributed by atoms with Gasteiger partial charge in [-0.3, -0.25) is 0 Å². The number of alkyl halides is 5. The van der Waals surface area contributed by atoms with E-state index in [4.69, 9.17) is 5.11 Å². The minimum absolute atomic E-state index is 0.676. The maximum atomic E-state index is 12.0. The molecule has 0 aliphatic rings. The van der Waals surface area contributed by atoms with Gasteiger partial charge in [-0.25, -0.2) is 4.79 Å². The molecule has 0 aliphatic carbocycles. The molecule has 1 aromatic rings. The van der Waals surface area contributed by atoms with Crippen LogP contribution in [0.3, 0.4) is 0 Å². The van der Waals surface area contributed by atoms with Gasteiger partial charge >= 0.3 is 18.9 Å². The second-order valence-corrected chi connectivity index (χ2v) is 2.86. The summed E-state index contributed by atoms with van der Waals surface area (Å²) in [5.41, 5.74) is -1.13. The minimum atomic E-state index is -5.15. The summed E-state index contributed by atoms with van der Waals surface area (Å²) in [5.74, 6) is -3.93. The highest BCUT2D eigenvalue weighted by Gasteiger charge is 2.34. The number of hydrogen-bond acceptors (Lipinski definition) is 3. The Kier molecular flexibility index (Phi) is 3.94. The summed E-state index contributed by atoms with van der Waals surface area (Å²) >= 11 is 0. The Labute approximate surface area is 96.5 Å². The number of carboxylic acid groups (broad SMARTS) is 1. The van der Waals surface area contributed by atoms with Gasteiger partial charge in [0.15, 0.2) is 0 Å². The maximum absolute atomic E-state index is 12.0. The summed E-state index contributed by atoms with van der Waals surface area (Å²) in [6, 6.07) is 2.36. The lowest BCUT2D eigenvalue weighted by Crippen LogP contribution is -2.19. The van der Waals surface area contributed by atoms with Crippen molar-refractivity contribution in [3.63, 3.8) is 0 Å². The van der Waals surface area contributed by atoms with Gasteiger partial charge in [0.05, 0.1) is 0 Å². The molecule has 18 heavy (non-hydrogen) atoms. The molecule has 0 aliphatic heterocycles. The van der Waals surface area contributed by atoms with E-state index in [9.17, 15) is 26.7 Å². The van der Waals surface area contributed by atoms with Crippen LogP contribution in [-0.4, -0.2) is 24.0 Å². The normalized spacial score (nSPS) is 11.4. The Morgan fingerprint density at radius 1 is 1.22 bits per heavy atom. The summed E-state index contributed by atoms with van der Waals surface area (Å²) in [7, 11) is 0. The lowest BCUT2D eigenvalue weighted by atomic mass is 10.2. The average Bonchev–Trinajstić information content (AvgIpc) is 2.13. The van der Waals surface area contributed by atoms with Gasteiger partial charge in [-0.05, 0) is 12.1 Å². The smallest absolute Gasteiger partial charge is 0.477 e. The Bertz CT molecular complexity index is 443. The van der Waals surface area contributed by atoms with Crippen LogP contribution in [0.1, 0.15) is 10.4 Å². The molecule has 100 valence electrons. The molecule has 0 amide bonds. The van der Waals surface area contributed by atoms with Gasteiger partial charge in [0.25, 0.3) is 0 Å². The molecule has 0 saturated heterocycles. The number of halogens is 5. The number of benzene rings is 1. The third kappa shape index (κ3) is 3.75. The number of aromatic carboxylic acids is 1. The van der Waals surface area contributed by atoms with Crippen LogP contribution in [0.4, 0.5) is 22.0 Å². The van der Waals surface area contributed by atoms with Crippen molar-refractivity contribution in [1.29, 1.82) is 0 Å². The van der Waals surface area contributed by atoms with E-state index >= 15 is 0 Å². The van der Waals surface area contributed by atoms with Crippen molar-refractivity contribution in [3.05, 3.63) is 23.8 Å². The molecule has 0 bridgehead atoms. The molecule has 0 atom stereocenters. The molecule has 0 saturated carbocycles. The summed E-state index contributed by atoms with van der Waals surface area (Å²) < 4.78 is 67.0. The van der Waals surface area contributed by atoms with Crippen LogP contribution in [0.25, 0.3) is 0 Å². The van der Waals surface area contributed by atoms with Gasteiger partial charge in [-0.2, -0.15) is 8.78 Å². The molecule has 0 radical (unpaired) electrons. The van der Waals surface area contributed by atoms with Gasteiger partial charge in [0.2, 0.25) is 0 Å². The third-order valence-corrected chi connectivity index (χ3v) is 1.64. The first kappa shape index (κ1) is 14.0. The van der Waals surface area contributed by atoms with Crippen LogP contribution in [0, 0.1) is 0 Å². The molecule has 1 rings (SSSR count). The van der Waals surface area contributed by atoms with Crippen molar-refractivity contribution < 1.29 is 41.3 Å². The Hall–Kier alpha value is -2.06. The SMILES string of the molecule is O=C(O)c1c(OC(F)F)cccc1OC(F)(F)F. The molecule has 0 unspecified atom stereocenters. The average molecular weight is 272 g/mol. The molecule has 0 aromatic heterocycles. The molecule has 0 fully saturated rings. The van der Waals surface area contributed by atoms with Crippen LogP contribution in [0.2, 0.25) is 0 Å². The summed E-state index contributed by atoms with van der Waals surface area (Å²) in [6.07, 6.45) is -5.15. The monoisotopic (exact) mass is 272 g/mol. The molecule has 0 spiro atoms. The topological polar surface area (TPSA) is 55.8 Å². The van der Waals surface area contributed by atoms with E-state index in [1.165, 1.54) is 0 Å². The number of rotatable bonds is 4. The third-order valence-electron chi connectivity index (χ3n) is 1.64. The van der Waals surface area contributed by atoms with E-state index in [-0.39, 0.29) is 0 Å². The quantitative estimate of drug-likeness (QED) is 0.856. The Morgan fingerprint density at radius 3 is 2.22 bits per heavy atom. The molecule has 1 N–H and O–H groups in total. The van der Waals surface area contributed by atoms with Gasteiger partial charge in [-0.15, -0.1) is 13.2 Å². The summed E-state index contributed by atoms with van der Waals surface area (Å²) in [6.45, 7) is -3.37. The molecule has 0 heterocycles. The lowest BCUT2D eigenvalue weighted by molar-refractivity contribution is -0.274. The first-order valence-electron chi connectivity index (χ1n) is 4.27. The van der Waals surface area contributed by atoms with E-state index in [1.807, 2.05) is 0 Å². The van der Waals surface area contributed by atoms with E-state index in [2.05, 4.69) is 9.47 Å².